The fraction of sp³-hybridized carbons (Fsp3) is 0.647. The van der Waals surface area contributed by atoms with Gasteiger partial charge < -0.3 is 10.2 Å². The molecule has 0 aromatic heterocycles. The molecule has 0 bridgehead atoms. The summed E-state index contributed by atoms with van der Waals surface area (Å²) < 4.78 is 0. The topological polar surface area (TPSA) is 43.7 Å². The highest BCUT2D eigenvalue weighted by Crippen LogP contribution is 2.29. The van der Waals surface area contributed by atoms with Gasteiger partial charge in [0.05, 0.1) is 6.61 Å². The fourth-order valence-corrected chi connectivity index (χ4v) is 2.71. The van der Waals surface area contributed by atoms with E-state index in [-0.39, 0.29) is 12.5 Å². The smallest absolute Gasteiger partial charge is 0.119 e. The summed E-state index contributed by atoms with van der Waals surface area (Å²) in [5, 5.41) is 19.2. The highest BCUT2D eigenvalue weighted by Gasteiger charge is 2.17. The second-order valence-corrected chi connectivity index (χ2v) is 6.17. The largest absolute Gasteiger partial charge is 0.508 e. The zero-order valence-corrected chi connectivity index (χ0v) is 13.4. The SMILES string of the molecule is CC(C)N(CC[C@H](C)c1cc(CO)ccc1O)C(C)C. The lowest BCUT2D eigenvalue weighted by atomic mass is 9.94. The number of benzene rings is 1. The van der Waals surface area contributed by atoms with Crippen molar-refractivity contribution in [1.29, 1.82) is 0 Å². The summed E-state index contributed by atoms with van der Waals surface area (Å²) >= 11 is 0. The maximum Gasteiger partial charge on any atom is 0.119 e. The Balaban J connectivity index is 2.73. The normalized spacial score (nSPS) is 13.4. The molecule has 0 saturated carbocycles. The lowest BCUT2D eigenvalue weighted by Crippen LogP contribution is -2.38. The van der Waals surface area contributed by atoms with Crippen LogP contribution in [-0.4, -0.2) is 33.7 Å². The first-order chi connectivity index (χ1) is 9.36. The molecule has 0 aliphatic heterocycles. The number of phenols is 1. The summed E-state index contributed by atoms with van der Waals surface area (Å²) in [7, 11) is 0. The summed E-state index contributed by atoms with van der Waals surface area (Å²) in [6.45, 7) is 12.0. The number of hydrogen-bond acceptors (Lipinski definition) is 3. The van der Waals surface area contributed by atoms with Crippen molar-refractivity contribution in [2.24, 2.45) is 0 Å². The van der Waals surface area contributed by atoms with Crippen LogP contribution in [-0.2, 0) is 6.61 Å². The Morgan fingerprint density at radius 2 is 1.65 bits per heavy atom. The fourth-order valence-electron chi connectivity index (χ4n) is 2.71. The number of phenolic OH excluding ortho intramolecular Hbond substituents is 1. The van der Waals surface area contributed by atoms with Crippen LogP contribution >= 0.6 is 0 Å². The van der Waals surface area contributed by atoms with E-state index in [1.165, 1.54) is 0 Å². The van der Waals surface area contributed by atoms with Crippen molar-refractivity contribution in [1.82, 2.24) is 4.90 Å². The zero-order valence-electron chi connectivity index (χ0n) is 13.4. The van der Waals surface area contributed by atoms with Crippen LogP contribution in [0.3, 0.4) is 0 Å². The minimum Gasteiger partial charge on any atom is -0.508 e. The van der Waals surface area contributed by atoms with E-state index in [1.54, 1.807) is 12.1 Å². The first kappa shape index (κ1) is 17.0. The van der Waals surface area contributed by atoms with Gasteiger partial charge in [0.2, 0.25) is 0 Å². The molecule has 0 heterocycles. The van der Waals surface area contributed by atoms with Gasteiger partial charge in [-0.2, -0.15) is 0 Å². The Kier molecular flexibility index (Phi) is 6.50. The predicted octanol–water partition coefficient (Wildman–Crippen LogP) is 3.50. The van der Waals surface area contributed by atoms with Gasteiger partial charge >= 0.3 is 0 Å². The van der Waals surface area contributed by atoms with Crippen LogP contribution in [0, 0.1) is 0 Å². The van der Waals surface area contributed by atoms with Gasteiger partial charge in [0.1, 0.15) is 5.75 Å². The first-order valence-corrected chi connectivity index (χ1v) is 7.55. The molecule has 1 atom stereocenters. The Morgan fingerprint density at radius 1 is 1.05 bits per heavy atom. The van der Waals surface area contributed by atoms with Gasteiger partial charge in [0.25, 0.3) is 0 Å². The number of aliphatic hydroxyl groups is 1. The quantitative estimate of drug-likeness (QED) is 0.803. The van der Waals surface area contributed by atoms with Crippen molar-refractivity contribution in [3.8, 4) is 5.75 Å². The van der Waals surface area contributed by atoms with E-state index >= 15 is 0 Å². The molecule has 0 fully saturated rings. The maximum absolute atomic E-state index is 9.99. The Bertz CT molecular complexity index is 407. The number of aromatic hydroxyl groups is 1. The first-order valence-electron chi connectivity index (χ1n) is 7.55. The Morgan fingerprint density at radius 3 is 2.15 bits per heavy atom. The van der Waals surface area contributed by atoms with Gasteiger partial charge in [-0.05, 0) is 69.8 Å². The monoisotopic (exact) mass is 279 g/mol. The number of rotatable bonds is 7. The molecule has 114 valence electrons. The van der Waals surface area contributed by atoms with E-state index < -0.39 is 0 Å². The van der Waals surface area contributed by atoms with Gasteiger partial charge in [-0.1, -0.05) is 13.0 Å². The number of nitrogens with zero attached hydrogens (tertiary/aromatic N) is 1. The average Bonchev–Trinajstić information content (AvgIpc) is 2.38. The van der Waals surface area contributed by atoms with Crippen molar-refractivity contribution in [3.05, 3.63) is 29.3 Å². The van der Waals surface area contributed by atoms with Crippen LogP contribution in [0.15, 0.2) is 18.2 Å². The van der Waals surface area contributed by atoms with Crippen LogP contribution in [0.1, 0.15) is 58.1 Å². The standard InChI is InChI=1S/C17H29NO2/c1-12(2)18(13(3)4)9-8-14(5)16-10-15(11-19)6-7-17(16)20/h6-7,10,12-14,19-20H,8-9,11H2,1-5H3/t14-/m0/s1. The summed E-state index contributed by atoms with van der Waals surface area (Å²) in [5.74, 6) is 0.608. The van der Waals surface area contributed by atoms with Gasteiger partial charge in [0.15, 0.2) is 0 Å². The van der Waals surface area contributed by atoms with E-state index in [2.05, 4.69) is 39.5 Å². The predicted molar refractivity (Wildman–Crippen MR) is 84.0 cm³/mol. The Labute approximate surface area is 123 Å². The second-order valence-electron chi connectivity index (χ2n) is 6.17. The van der Waals surface area contributed by atoms with Crippen molar-refractivity contribution in [2.75, 3.05) is 6.54 Å². The van der Waals surface area contributed by atoms with E-state index in [9.17, 15) is 10.2 Å². The molecule has 2 N–H and O–H groups in total. The minimum atomic E-state index is 0.0180. The molecule has 0 radical (unpaired) electrons. The maximum atomic E-state index is 9.99. The van der Waals surface area contributed by atoms with Gasteiger partial charge in [-0.15, -0.1) is 0 Å². The molecular formula is C17H29NO2. The number of hydrogen-bond donors (Lipinski definition) is 2. The van der Waals surface area contributed by atoms with Crippen molar-refractivity contribution >= 4 is 0 Å². The molecule has 3 nitrogen and oxygen atoms in total. The van der Waals surface area contributed by atoms with Gasteiger partial charge in [-0.25, -0.2) is 0 Å². The van der Waals surface area contributed by atoms with Crippen LogP contribution in [0.25, 0.3) is 0 Å². The molecule has 0 aliphatic rings. The van der Waals surface area contributed by atoms with E-state index in [1.807, 2.05) is 6.07 Å². The molecule has 1 aromatic rings. The summed E-state index contributed by atoms with van der Waals surface area (Å²) in [5.41, 5.74) is 1.79. The molecule has 3 heteroatoms. The van der Waals surface area contributed by atoms with Crippen LogP contribution in [0.4, 0.5) is 0 Å². The average molecular weight is 279 g/mol. The lowest BCUT2D eigenvalue weighted by Gasteiger charge is -2.31. The number of aliphatic hydroxyl groups excluding tert-OH is 1. The molecule has 20 heavy (non-hydrogen) atoms. The molecule has 0 unspecified atom stereocenters. The Hall–Kier alpha value is -1.06. The third kappa shape index (κ3) is 4.50. The molecule has 0 saturated heterocycles. The molecule has 0 spiro atoms. The van der Waals surface area contributed by atoms with E-state index in [0.717, 1.165) is 24.1 Å². The van der Waals surface area contributed by atoms with E-state index in [4.69, 9.17) is 0 Å². The summed E-state index contributed by atoms with van der Waals surface area (Å²) in [4.78, 5) is 2.46. The van der Waals surface area contributed by atoms with Gasteiger partial charge in [-0.3, -0.25) is 4.90 Å². The molecular weight excluding hydrogens is 250 g/mol. The van der Waals surface area contributed by atoms with Crippen molar-refractivity contribution < 1.29 is 10.2 Å². The third-order valence-corrected chi connectivity index (χ3v) is 3.95. The van der Waals surface area contributed by atoms with E-state index in [0.29, 0.717) is 17.8 Å². The van der Waals surface area contributed by atoms with Crippen molar-refractivity contribution in [2.45, 2.75) is 65.6 Å². The minimum absolute atomic E-state index is 0.0180. The van der Waals surface area contributed by atoms with Crippen LogP contribution in [0.2, 0.25) is 0 Å². The van der Waals surface area contributed by atoms with Crippen LogP contribution in [0.5, 0.6) is 5.75 Å². The molecule has 0 amide bonds. The zero-order chi connectivity index (χ0) is 15.3. The highest BCUT2D eigenvalue weighted by molar-refractivity contribution is 5.38. The molecule has 1 rings (SSSR count). The molecule has 0 aliphatic carbocycles. The molecule has 1 aromatic carbocycles. The van der Waals surface area contributed by atoms with Crippen molar-refractivity contribution in [3.63, 3.8) is 0 Å². The third-order valence-electron chi connectivity index (χ3n) is 3.95. The summed E-state index contributed by atoms with van der Waals surface area (Å²) in [6, 6.07) is 6.41. The van der Waals surface area contributed by atoms with Gasteiger partial charge in [0, 0.05) is 12.1 Å². The van der Waals surface area contributed by atoms with Crippen LogP contribution < -0.4 is 0 Å². The summed E-state index contributed by atoms with van der Waals surface area (Å²) in [6.07, 6.45) is 0.999. The second kappa shape index (κ2) is 7.65. The highest BCUT2D eigenvalue weighted by atomic mass is 16.3. The lowest BCUT2D eigenvalue weighted by molar-refractivity contribution is 0.169.